The monoisotopic (exact) mass is 170 g/mol. The van der Waals surface area contributed by atoms with Crippen LogP contribution in [0.4, 0.5) is 4.39 Å². The highest BCUT2D eigenvalue weighted by molar-refractivity contribution is 5.20. The van der Waals surface area contributed by atoms with Crippen LogP contribution in [0.15, 0.2) is 18.3 Å². The predicted octanol–water partition coefficient (Wildman–Crippen LogP) is 0.387. The number of rotatable bonds is 2. The van der Waals surface area contributed by atoms with E-state index >= 15 is 0 Å². The molecule has 66 valence electrons. The SMILES string of the molecule is CC(N)(CO)c1ccnc(F)c1. The van der Waals surface area contributed by atoms with Gasteiger partial charge in [0.1, 0.15) is 0 Å². The van der Waals surface area contributed by atoms with Crippen LogP contribution in [0.3, 0.4) is 0 Å². The molecule has 1 unspecified atom stereocenters. The van der Waals surface area contributed by atoms with E-state index in [4.69, 9.17) is 10.8 Å². The van der Waals surface area contributed by atoms with Gasteiger partial charge in [0.05, 0.1) is 12.1 Å². The van der Waals surface area contributed by atoms with Crippen LogP contribution in [0.25, 0.3) is 0 Å². The highest BCUT2D eigenvalue weighted by Gasteiger charge is 2.20. The summed E-state index contributed by atoms with van der Waals surface area (Å²) in [6, 6.07) is 2.80. The molecular formula is C8H11FN2O. The van der Waals surface area contributed by atoms with E-state index in [-0.39, 0.29) is 6.61 Å². The van der Waals surface area contributed by atoms with Crippen LogP contribution in [0.1, 0.15) is 12.5 Å². The number of aromatic nitrogens is 1. The van der Waals surface area contributed by atoms with Gasteiger partial charge in [-0.1, -0.05) is 0 Å². The highest BCUT2D eigenvalue weighted by Crippen LogP contribution is 2.16. The molecule has 4 heteroatoms. The zero-order chi connectivity index (χ0) is 9.19. The molecule has 0 bridgehead atoms. The first kappa shape index (κ1) is 9.09. The Bertz CT molecular complexity index is 276. The van der Waals surface area contributed by atoms with E-state index in [9.17, 15) is 4.39 Å². The normalized spacial score (nSPS) is 15.7. The molecule has 1 aromatic heterocycles. The summed E-state index contributed by atoms with van der Waals surface area (Å²) in [5, 5.41) is 8.87. The molecular weight excluding hydrogens is 159 g/mol. The van der Waals surface area contributed by atoms with Gasteiger partial charge in [0.2, 0.25) is 5.95 Å². The van der Waals surface area contributed by atoms with Gasteiger partial charge in [-0.3, -0.25) is 0 Å². The lowest BCUT2D eigenvalue weighted by Gasteiger charge is -2.21. The summed E-state index contributed by atoms with van der Waals surface area (Å²) < 4.78 is 12.6. The van der Waals surface area contributed by atoms with Crippen LogP contribution in [-0.4, -0.2) is 16.7 Å². The number of hydrogen-bond acceptors (Lipinski definition) is 3. The summed E-state index contributed by atoms with van der Waals surface area (Å²) in [4.78, 5) is 3.38. The lowest BCUT2D eigenvalue weighted by molar-refractivity contribution is 0.209. The Balaban J connectivity index is 3.03. The maximum absolute atomic E-state index is 12.6. The van der Waals surface area contributed by atoms with E-state index < -0.39 is 11.5 Å². The summed E-state index contributed by atoms with van der Waals surface area (Å²) in [5.41, 5.74) is 5.30. The van der Waals surface area contributed by atoms with Gasteiger partial charge in [-0.2, -0.15) is 4.39 Å². The Morgan fingerprint density at radius 3 is 2.92 bits per heavy atom. The van der Waals surface area contributed by atoms with Gasteiger partial charge in [-0.15, -0.1) is 0 Å². The van der Waals surface area contributed by atoms with Gasteiger partial charge >= 0.3 is 0 Å². The summed E-state index contributed by atoms with van der Waals surface area (Å²) >= 11 is 0. The van der Waals surface area contributed by atoms with Crippen molar-refractivity contribution in [2.24, 2.45) is 5.73 Å². The van der Waals surface area contributed by atoms with Crippen LogP contribution in [-0.2, 0) is 5.54 Å². The van der Waals surface area contributed by atoms with Crippen LogP contribution < -0.4 is 5.73 Å². The number of aliphatic hydroxyl groups is 1. The van der Waals surface area contributed by atoms with Crippen molar-refractivity contribution in [1.29, 1.82) is 0 Å². The molecule has 1 rings (SSSR count). The first-order valence-corrected chi connectivity index (χ1v) is 3.58. The minimum absolute atomic E-state index is 0.226. The van der Waals surface area contributed by atoms with Crippen molar-refractivity contribution in [2.75, 3.05) is 6.61 Å². The standard InChI is InChI=1S/C8H11FN2O/c1-8(10,5-12)6-2-3-11-7(9)4-6/h2-4,12H,5,10H2,1H3. The molecule has 0 spiro atoms. The molecule has 0 aliphatic heterocycles. The predicted molar refractivity (Wildman–Crippen MR) is 42.8 cm³/mol. The first-order valence-electron chi connectivity index (χ1n) is 3.58. The molecule has 3 nitrogen and oxygen atoms in total. The number of nitrogens with zero attached hydrogens (tertiary/aromatic N) is 1. The van der Waals surface area contributed by atoms with E-state index in [1.54, 1.807) is 13.0 Å². The molecule has 0 aliphatic carbocycles. The smallest absolute Gasteiger partial charge is 0.213 e. The van der Waals surface area contributed by atoms with Crippen molar-refractivity contribution in [3.05, 3.63) is 29.8 Å². The van der Waals surface area contributed by atoms with Crippen molar-refractivity contribution < 1.29 is 9.50 Å². The second-order valence-corrected chi connectivity index (χ2v) is 2.94. The molecule has 1 aromatic rings. The number of halogens is 1. The van der Waals surface area contributed by atoms with Crippen LogP contribution in [0, 0.1) is 5.95 Å². The van der Waals surface area contributed by atoms with E-state index in [0.29, 0.717) is 5.56 Å². The molecule has 0 saturated heterocycles. The maximum Gasteiger partial charge on any atom is 0.213 e. The molecule has 0 aliphatic rings. The summed E-state index contributed by atoms with van der Waals surface area (Å²) in [6.45, 7) is 1.40. The van der Waals surface area contributed by atoms with Gasteiger partial charge in [0.15, 0.2) is 0 Å². The van der Waals surface area contributed by atoms with Gasteiger partial charge in [-0.05, 0) is 24.6 Å². The third kappa shape index (κ3) is 1.78. The average molecular weight is 170 g/mol. The third-order valence-corrected chi connectivity index (χ3v) is 1.71. The molecule has 12 heavy (non-hydrogen) atoms. The Morgan fingerprint density at radius 2 is 2.42 bits per heavy atom. The second-order valence-electron chi connectivity index (χ2n) is 2.94. The van der Waals surface area contributed by atoms with E-state index in [2.05, 4.69) is 4.98 Å². The molecule has 0 amide bonds. The Morgan fingerprint density at radius 1 is 1.75 bits per heavy atom. The fourth-order valence-corrected chi connectivity index (χ4v) is 0.849. The van der Waals surface area contributed by atoms with Gasteiger partial charge < -0.3 is 10.8 Å². The third-order valence-electron chi connectivity index (χ3n) is 1.71. The maximum atomic E-state index is 12.6. The van der Waals surface area contributed by atoms with E-state index in [1.807, 2.05) is 0 Å². The largest absolute Gasteiger partial charge is 0.394 e. The summed E-state index contributed by atoms with van der Waals surface area (Å²) in [7, 11) is 0. The van der Waals surface area contributed by atoms with Gasteiger partial charge in [0.25, 0.3) is 0 Å². The van der Waals surface area contributed by atoms with E-state index in [1.165, 1.54) is 12.3 Å². The van der Waals surface area contributed by atoms with Crippen molar-refractivity contribution >= 4 is 0 Å². The van der Waals surface area contributed by atoms with Crippen molar-refractivity contribution in [3.8, 4) is 0 Å². The van der Waals surface area contributed by atoms with Crippen LogP contribution in [0.2, 0.25) is 0 Å². The van der Waals surface area contributed by atoms with Crippen LogP contribution >= 0.6 is 0 Å². The van der Waals surface area contributed by atoms with Gasteiger partial charge in [0, 0.05) is 6.20 Å². The number of nitrogens with two attached hydrogens (primary N) is 1. The lowest BCUT2D eigenvalue weighted by atomic mass is 9.95. The Hall–Kier alpha value is -1.00. The number of pyridine rings is 1. The molecule has 3 N–H and O–H groups in total. The van der Waals surface area contributed by atoms with Crippen LogP contribution in [0.5, 0.6) is 0 Å². The van der Waals surface area contributed by atoms with Crippen molar-refractivity contribution in [1.82, 2.24) is 4.98 Å². The quantitative estimate of drug-likeness (QED) is 0.631. The average Bonchev–Trinajstić information content (AvgIpc) is 2.05. The van der Waals surface area contributed by atoms with Gasteiger partial charge in [-0.25, -0.2) is 4.98 Å². The fraction of sp³-hybridized carbons (Fsp3) is 0.375. The topological polar surface area (TPSA) is 59.1 Å². The minimum Gasteiger partial charge on any atom is -0.394 e. The summed E-state index contributed by atoms with van der Waals surface area (Å²) in [5.74, 6) is -0.586. The molecule has 0 radical (unpaired) electrons. The van der Waals surface area contributed by atoms with Crippen molar-refractivity contribution in [2.45, 2.75) is 12.5 Å². The number of aliphatic hydroxyl groups excluding tert-OH is 1. The fourth-order valence-electron chi connectivity index (χ4n) is 0.849. The molecule has 0 aromatic carbocycles. The van der Waals surface area contributed by atoms with E-state index in [0.717, 1.165) is 0 Å². The second kappa shape index (κ2) is 3.16. The zero-order valence-corrected chi connectivity index (χ0v) is 6.79. The number of hydrogen-bond donors (Lipinski definition) is 2. The summed E-state index contributed by atoms with van der Waals surface area (Å²) in [6.07, 6.45) is 1.32. The highest BCUT2D eigenvalue weighted by atomic mass is 19.1. The Kier molecular flexibility index (Phi) is 2.40. The molecule has 0 fully saturated rings. The molecule has 0 saturated carbocycles. The van der Waals surface area contributed by atoms with Crippen molar-refractivity contribution in [3.63, 3.8) is 0 Å². The molecule has 1 atom stereocenters. The Labute approximate surface area is 70.0 Å². The lowest BCUT2D eigenvalue weighted by Crippen LogP contribution is -2.37. The first-order chi connectivity index (χ1) is 5.56. The minimum atomic E-state index is -0.899. The molecule has 1 heterocycles. The zero-order valence-electron chi connectivity index (χ0n) is 6.79.